The molecule has 0 amide bonds. The molecule has 0 aliphatic carbocycles. The zero-order chi connectivity index (χ0) is 22.5. The van der Waals surface area contributed by atoms with E-state index in [4.69, 9.17) is 4.99 Å². The Kier molecular flexibility index (Phi) is 4.17. The van der Waals surface area contributed by atoms with Crippen molar-refractivity contribution in [2.75, 3.05) is 0 Å². The van der Waals surface area contributed by atoms with E-state index >= 15 is 0 Å². The second-order valence-corrected chi connectivity index (χ2v) is 8.35. The van der Waals surface area contributed by atoms with Gasteiger partial charge >= 0.3 is 0 Å². The number of hydrogen-bond acceptors (Lipinski definition) is 6. The van der Waals surface area contributed by atoms with Gasteiger partial charge in [-0.3, -0.25) is 9.98 Å². The van der Waals surface area contributed by atoms with E-state index in [0.29, 0.717) is 13.1 Å². The number of nitrogens with zero attached hydrogens (tertiary/aromatic N) is 6. The van der Waals surface area contributed by atoms with Crippen molar-refractivity contribution in [3.05, 3.63) is 116 Å². The molecule has 160 valence electrons. The topological polar surface area (TPSA) is 74.2 Å². The summed E-state index contributed by atoms with van der Waals surface area (Å²) < 4.78 is 0. The van der Waals surface area contributed by atoms with Gasteiger partial charge < -0.3 is 0 Å². The quantitative estimate of drug-likeness (QED) is 0.349. The monoisotopic (exact) mass is 438 g/mol. The lowest BCUT2D eigenvalue weighted by atomic mass is 9.99. The third kappa shape index (κ3) is 2.89. The number of hydrogen-bond donors (Lipinski definition) is 0. The molecule has 6 heteroatoms. The van der Waals surface area contributed by atoms with Crippen LogP contribution in [0.2, 0.25) is 0 Å². The molecule has 0 spiro atoms. The average molecular weight is 438 g/mol. The predicted molar refractivity (Wildman–Crippen MR) is 131 cm³/mol. The first kappa shape index (κ1) is 18.9. The molecule has 0 aromatic heterocycles. The van der Waals surface area contributed by atoms with E-state index in [2.05, 4.69) is 49.2 Å². The average Bonchev–Trinajstić information content (AvgIpc) is 3.48. The fourth-order valence-corrected chi connectivity index (χ4v) is 4.85. The van der Waals surface area contributed by atoms with Crippen molar-refractivity contribution in [2.45, 2.75) is 13.1 Å². The Morgan fingerprint density at radius 1 is 0.529 bits per heavy atom. The molecule has 4 aromatic carbocycles. The number of benzene rings is 4. The molecule has 0 atom stereocenters. The van der Waals surface area contributed by atoms with Crippen molar-refractivity contribution in [1.29, 1.82) is 0 Å². The van der Waals surface area contributed by atoms with Gasteiger partial charge in [0.15, 0.2) is 0 Å². The minimum absolute atomic E-state index is 0.680. The van der Waals surface area contributed by atoms with Gasteiger partial charge in [0.1, 0.15) is 12.7 Å². The normalized spacial score (nSPS) is 14.4. The molecule has 34 heavy (non-hydrogen) atoms. The molecule has 0 N–H and O–H groups in total. The van der Waals surface area contributed by atoms with Crippen molar-refractivity contribution in [3.63, 3.8) is 0 Å². The number of aliphatic imine (C=N–C) groups is 2. The number of fused-ring (bicyclic) bond motifs is 9. The Labute approximate surface area is 194 Å². The molecule has 0 radical (unpaired) electrons. The molecular formula is C28H18N6. The van der Waals surface area contributed by atoms with Crippen LogP contribution in [-0.4, -0.2) is 12.7 Å². The summed E-state index contributed by atoms with van der Waals surface area (Å²) in [5, 5.41) is 6.51. The Balaban J connectivity index is 0.000000118. The van der Waals surface area contributed by atoms with Crippen LogP contribution in [0.25, 0.3) is 11.1 Å². The zero-order valence-corrected chi connectivity index (χ0v) is 18.2. The van der Waals surface area contributed by atoms with Crippen LogP contribution in [0.1, 0.15) is 11.1 Å². The first-order valence-corrected chi connectivity index (χ1v) is 11.2. The summed E-state index contributed by atoms with van der Waals surface area (Å²) in [4.78, 5) is 26.4. The van der Waals surface area contributed by atoms with Crippen molar-refractivity contribution >= 4 is 24.1 Å². The summed E-state index contributed by atoms with van der Waals surface area (Å²) in [6.45, 7) is 1.38. The van der Waals surface area contributed by atoms with Gasteiger partial charge in [0.05, 0.1) is 45.9 Å². The Morgan fingerprint density at radius 2 is 1.24 bits per heavy atom. The van der Waals surface area contributed by atoms with E-state index in [1.54, 1.807) is 12.7 Å². The van der Waals surface area contributed by atoms with Crippen molar-refractivity contribution < 1.29 is 0 Å². The summed E-state index contributed by atoms with van der Waals surface area (Å²) in [5.74, 6) is 0. The highest BCUT2D eigenvalue weighted by atomic mass is 14.9. The maximum absolute atomic E-state index is 4.69. The van der Waals surface area contributed by atoms with E-state index in [9.17, 15) is 0 Å². The van der Waals surface area contributed by atoms with Gasteiger partial charge in [0.2, 0.25) is 0 Å². The zero-order valence-electron chi connectivity index (χ0n) is 18.2. The van der Waals surface area contributed by atoms with Crippen LogP contribution >= 0.6 is 0 Å². The third-order valence-electron chi connectivity index (χ3n) is 6.42. The highest BCUT2D eigenvalue weighted by molar-refractivity contribution is 5.81. The predicted octanol–water partition coefficient (Wildman–Crippen LogP) is 3.18. The van der Waals surface area contributed by atoms with Crippen LogP contribution in [0.4, 0.5) is 11.4 Å². The minimum Gasteiger partial charge on any atom is -0.269 e. The molecule has 4 aliphatic heterocycles. The maximum Gasteiger partial charge on any atom is 0.110 e. The highest BCUT2D eigenvalue weighted by Gasteiger charge is 2.18. The minimum atomic E-state index is 0.680. The second kappa shape index (κ2) is 7.49. The lowest BCUT2D eigenvalue weighted by molar-refractivity contribution is 1.01. The van der Waals surface area contributed by atoms with Crippen LogP contribution < -0.4 is 21.4 Å². The van der Waals surface area contributed by atoms with Gasteiger partial charge in [-0.05, 0) is 36.4 Å². The van der Waals surface area contributed by atoms with E-state index in [1.165, 1.54) is 27.1 Å². The molecule has 0 saturated heterocycles. The smallest absolute Gasteiger partial charge is 0.110 e. The molecule has 0 unspecified atom stereocenters. The molecular weight excluding hydrogens is 420 g/mol. The van der Waals surface area contributed by atoms with E-state index in [1.807, 2.05) is 48.5 Å². The van der Waals surface area contributed by atoms with Gasteiger partial charge in [-0.1, -0.05) is 36.4 Å². The summed E-state index contributed by atoms with van der Waals surface area (Å²) in [5.41, 5.74) is 6.83. The number of rotatable bonds is 0. The van der Waals surface area contributed by atoms with Gasteiger partial charge in [-0.15, -0.1) is 0 Å². The Bertz CT molecular complexity index is 1920. The SMILES string of the molecule is C1=NCc2c3c(ccc2=N1)=Nc1ccccc1-3.C1=NCc2c3c(ccc2=N1)=c1ccccc1=N3. The second-order valence-electron chi connectivity index (χ2n) is 8.35. The number of para-hydroxylation sites is 2. The lowest BCUT2D eigenvalue weighted by Crippen LogP contribution is -2.19. The molecule has 4 aromatic rings. The van der Waals surface area contributed by atoms with Crippen LogP contribution in [0.3, 0.4) is 0 Å². The standard InChI is InChI=1S/2C14H9N3/c1-2-4-12-9(3-1)14-10-7-15-8-16-11(10)5-6-13(14)17-12;1-2-4-13-9(3-1)10-5-6-12-11(14(10)17-13)7-15-8-16-12/h2*1-6,8H,7H2. The Hall–Kier alpha value is -4.58. The summed E-state index contributed by atoms with van der Waals surface area (Å²) in [6, 6.07) is 24.7. The van der Waals surface area contributed by atoms with E-state index in [0.717, 1.165) is 38.4 Å². The molecule has 4 aliphatic rings. The highest BCUT2D eigenvalue weighted by Crippen LogP contribution is 2.33. The van der Waals surface area contributed by atoms with Crippen LogP contribution in [-0.2, 0) is 13.1 Å². The van der Waals surface area contributed by atoms with E-state index in [-0.39, 0.29) is 0 Å². The van der Waals surface area contributed by atoms with Crippen LogP contribution in [0, 0.1) is 10.4 Å². The van der Waals surface area contributed by atoms with Gasteiger partial charge in [-0.25, -0.2) is 20.0 Å². The fraction of sp³-hybridized carbons (Fsp3) is 0.0714. The van der Waals surface area contributed by atoms with Gasteiger partial charge in [0, 0.05) is 32.7 Å². The van der Waals surface area contributed by atoms with Crippen molar-refractivity contribution in [1.82, 2.24) is 0 Å². The Morgan fingerprint density at radius 3 is 2.15 bits per heavy atom. The first-order valence-electron chi connectivity index (χ1n) is 11.2. The molecule has 4 heterocycles. The van der Waals surface area contributed by atoms with Crippen molar-refractivity contribution in [2.24, 2.45) is 30.0 Å². The first-order chi connectivity index (χ1) is 16.9. The molecule has 0 bridgehead atoms. The molecule has 6 nitrogen and oxygen atoms in total. The fourth-order valence-electron chi connectivity index (χ4n) is 4.85. The maximum atomic E-state index is 4.69. The van der Waals surface area contributed by atoms with Crippen LogP contribution in [0.15, 0.2) is 103 Å². The van der Waals surface area contributed by atoms with E-state index < -0.39 is 0 Å². The lowest BCUT2D eigenvalue weighted by Gasteiger charge is -2.07. The summed E-state index contributed by atoms with van der Waals surface area (Å²) in [6.07, 6.45) is 3.25. The molecule has 8 rings (SSSR count). The van der Waals surface area contributed by atoms with Gasteiger partial charge in [-0.2, -0.15) is 0 Å². The van der Waals surface area contributed by atoms with Crippen LogP contribution in [0.5, 0.6) is 0 Å². The summed E-state index contributed by atoms with van der Waals surface area (Å²) >= 11 is 0. The van der Waals surface area contributed by atoms with Gasteiger partial charge in [0.25, 0.3) is 0 Å². The summed E-state index contributed by atoms with van der Waals surface area (Å²) in [7, 11) is 0. The third-order valence-corrected chi connectivity index (χ3v) is 6.42. The largest absolute Gasteiger partial charge is 0.269 e. The van der Waals surface area contributed by atoms with Crippen molar-refractivity contribution in [3.8, 4) is 11.1 Å². The molecule has 0 fully saturated rings. The molecule has 0 saturated carbocycles.